The van der Waals surface area contributed by atoms with Crippen LogP contribution in [0.15, 0.2) is 17.3 Å². The van der Waals surface area contributed by atoms with Gasteiger partial charge in [-0.3, -0.25) is 0 Å². The average molecular weight is 334 g/mol. The van der Waals surface area contributed by atoms with Gasteiger partial charge >= 0.3 is 6.03 Å². The normalized spacial score (nSPS) is 16.8. The van der Waals surface area contributed by atoms with Crippen LogP contribution in [0.4, 0.5) is 4.79 Å². The van der Waals surface area contributed by atoms with Crippen LogP contribution in [0.1, 0.15) is 0 Å². The highest BCUT2D eigenvalue weighted by molar-refractivity contribution is 7.89. The lowest BCUT2D eigenvalue weighted by Gasteiger charge is -2.35. The van der Waals surface area contributed by atoms with Gasteiger partial charge in [0.2, 0.25) is 15.3 Å². The zero-order valence-corrected chi connectivity index (χ0v) is 13.3. The van der Waals surface area contributed by atoms with Crippen molar-refractivity contribution in [3.63, 3.8) is 0 Å². The Morgan fingerprint density at radius 1 is 1.19 bits per heavy atom. The molecule has 1 aromatic heterocycles. The van der Waals surface area contributed by atoms with E-state index in [2.05, 4.69) is 9.97 Å². The Balaban J connectivity index is 2.07. The Kier molecular flexibility index (Phi) is 4.64. The van der Waals surface area contributed by atoms with E-state index in [1.807, 2.05) is 0 Å². The quantitative estimate of drug-likeness (QED) is 0.717. The Hall–Kier alpha value is -1.45. The van der Waals surface area contributed by atoms with Gasteiger partial charge in [0.25, 0.3) is 0 Å². The minimum Gasteiger partial charge on any atom is -0.331 e. The molecule has 0 bridgehead atoms. The molecular weight excluding hydrogens is 318 g/mol. The fourth-order valence-electron chi connectivity index (χ4n) is 1.99. The van der Waals surface area contributed by atoms with E-state index in [-0.39, 0.29) is 29.3 Å². The fraction of sp³-hybridized carbons (Fsp3) is 0.545. The highest BCUT2D eigenvalue weighted by atomic mass is 35.5. The summed E-state index contributed by atoms with van der Waals surface area (Å²) in [5.74, 6) is 0. The van der Waals surface area contributed by atoms with Gasteiger partial charge < -0.3 is 9.80 Å². The molecule has 0 N–H and O–H groups in total. The number of piperazine rings is 1. The molecule has 0 saturated carbocycles. The van der Waals surface area contributed by atoms with Crippen molar-refractivity contribution in [3.05, 3.63) is 17.7 Å². The van der Waals surface area contributed by atoms with Crippen LogP contribution < -0.4 is 0 Å². The molecule has 116 valence electrons. The lowest BCUT2D eigenvalue weighted by atomic mass is 10.4. The molecule has 0 radical (unpaired) electrons. The predicted octanol–water partition coefficient (Wildman–Crippen LogP) is 0.118. The third-order valence-corrected chi connectivity index (χ3v) is 5.17. The van der Waals surface area contributed by atoms with Crippen LogP contribution in [0.25, 0.3) is 0 Å². The Morgan fingerprint density at radius 2 is 1.71 bits per heavy atom. The number of amides is 2. The van der Waals surface area contributed by atoms with Gasteiger partial charge in [0.15, 0.2) is 0 Å². The summed E-state index contributed by atoms with van der Waals surface area (Å²) in [6.07, 6.45) is 2.37. The summed E-state index contributed by atoms with van der Waals surface area (Å²) in [7, 11) is -0.324. The van der Waals surface area contributed by atoms with Crippen LogP contribution in [-0.2, 0) is 10.0 Å². The van der Waals surface area contributed by atoms with Gasteiger partial charge in [0.05, 0.1) is 12.4 Å². The van der Waals surface area contributed by atoms with Crippen molar-refractivity contribution in [1.82, 2.24) is 24.1 Å². The zero-order chi connectivity index (χ0) is 15.6. The first kappa shape index (κ1) is 15.9. The second kappa shape index (κ2) is 6.12. The molecule has 0 atom stereocenters. The standard InChI is InChI=1S/C11H16ClN5O3S/c1-15(2)11(18)16-3-5-17(6-4-16)21(19,20)9-7-13-10(12)14-8-9/h7-8H,3-6H2,1-2H3. The van der Waals surface area contributed by atoms with E-state index in [1.54, 1.807) is 19.0 Å². The maximum Gasteiger partial charge on any atom is 0.319 e. The number of aromatic nitrogens is 2. The van der Waals surface area contributed by atoms with Crippen LogP contribution in [-0.4, -0.2) is 78.8 Å². The van der Waals surface area contributed by atoms with Gasteiger partial charge in [0, 0.05) is 40.3 Å². The second-order valence-electron chi connectivity index (χ2n) is 4.76. The molecular formula is C11H16ClN5O3S. The fourth-order valence-corrected chi connectivity index (χ4v) is 3.40. The van der Waals surface area contributed by atoms with E-state index in [1.165, 1.54) is 21.6 Å². The minimum absolute atomic E-state index is 0.000661. The van der Waals surface area contributed by atoms with Gasteiger partial charge in [-0.05, 0) is 11.6 Å². The van der Waals surface area contributed by atoms with Crippen molar-refractivity contribution < 1.29 is 13.2 Å². The number of sulfonamides is 1. The van der Waals surface area contributed by atoms with Crippen LogP contribution in [0, 0.1) is 0 Å². The predicted molar refractivity (Wildman–Crippen MR) is 76.5 cm³/mol. The SMILES string of the molecule is CN(C)C(=O)N1CCN(S(=O)(=O)c2cnc(Cl)nc2)CC1. The molecule has 1 saturated heterocycles. The highest BCUT2D eigenvalue weighted by Crippen LogP contribution is 2.17. The maximum absolute atomic E-state index is 12.4. The summed E-state index contributed by atoms with van der Waals surface area (Å²) in [4.78, 5) is 22.3. The molecule has 0 spiro atoms. The molecule has 0 aromatic carbocycles. The lowest BCUT2D eigenvalue weighted by molar-refractivity contribution is 0.149. The van der Waals surface area contributed by atoms with E-state index >= 15 is 0 Å². The minimum atomic E-state index is -3.65. The van der Waals surface area contributed by atoms with Crippen LogP contribution in [0.2, 0.25) is 5.28 Å². The van der Waals surface area contributed by atoms with Gasteiger partial charge in [-0.2, -0.15) is 4.31 Å². The van der Waals surface area contributed by atoms with Gasteiger partial charge in [-0.15, -0.1) is 0 Å². The topological polar surface area (TPSA) is 86.7 Å². The van der Waals surface area contributed by atoms with Crippen molar-refractivity contribution in [2.75, 3.05) is 40.3 Å². The molecule has 0 unspecified atom stereocenters. The smallest absolute Gasteiger partial charge is 0.319 e. The van der Waals surface area contributed by atoms with E-state index in [9.17, 15) is 13.2 Å². The third-order valence-electron chi connectivity index (χ3n) is 3.13. The third kappa shape index (κ3) is 3.42. The second-order valence-corrected chi connectivity index (χ2v) is 7.03. The van der Waals surface area contributed by atoms with Gasteiger partial charge in [0.1, 0.15) is 4.90 Å². The molecule has 0 aliphatic carbocycles. The number of hydrogen-bond acceptors (Lipinski definition) is 5. The number of halogens is 1. The summed E-state index contributed by atoms with van der Waals surface area (Å²) in [6.45, 7) is 1.18. The Bertz CT molecular complexity index is 611. The van der Waals surface area contributed by atoms with Crippen molar-refractivity contribution in [1.29, 1.82) is 0 Å². The molecule has 2 rings (SSSR count). The summed E-state index contributed by atoms with van der Waals surface area (Å²) in [6, 6.07) is -0.123. The number of nitrogens with zero attached hydrogens (tertiary/aromatic N) is 5. The largest absolute Gasteiger partial charge is 0.331 e. The number of rotatable bonds is 2. The first-order valence-electron chi connectivity index (χ1n) is 6.26. The first-order valence-corrected chi connectivity index (χ1v) is 8.08. The maximum atomic E-state index is 12.4. The summed E-state index contributed by atoms with van der Waals surface area (Å²) >= 11 is 5.55. The van der Waals surface area contributed by atoms with Crippen LogP contribution in [0.5, 0.6) is 0 Å². The van der Waals surface area contributed by atoms with E-state index in [0.717, 1.165) is 0 Å². The van der Waals surface area contributed by atoms with E-state index < -0.39 is 10.0 Å². The summed E-state index contributed by atoms with van der Waals surface area (Å²) in [5.41, 5.74) is 0. The monoisotopic (exact) mass is 333 g/mol. The lowest BCUT2D eigenvalue weighted by Crippen LogP contribution is -2.52. The summed E-state index contributed by atoms with van der Waals surface area (Å²) < 4.78 is 26.1. The Morgan fingerprint density at radius 3 is 2.19 bits per heavy atom. The first-order chi connectivity index (χ1) is 9.82. The molecule has 2 amide bonds. The van der Waals surface area contributed by atoms with Crippen molar-refractivity contribution >= 4 is 27.7 Å². The number of carbonyl (C=O) groups excluding carboxylic acids is 1. The number of hydrogen-bond donors (Lipinski definition) is 0. The molecule has 1 aliphatic heterocycles. The highest BCUT2D eigenvalue weighted by Gasteiger charge is 2.30. The van der Waals surface area contributed by atoms with Gasteiger partial charge in [-0.1, -0.05) is 0 Å². The molecule has 1 aliphatic rings. The van der Waals surface area contributed by atoms with Gasteiger partial charge in [-0.25, -0.2) is 23.2 Å². The van der Waals surface area contributed by atoms with E-state index in [4.69, 9.17) is 11.6 Å². The average Bonchev–Trinajstić information content (AvgIpc) is 2.47. The van der Waals surface area contributed by atoms with Crippen LogP contribution >= 0.6 is 11.6 Å². The molecule has 2 heterocycles. The van der Waals surface area contributed by atoms with E-state index in [0.29, 0.717) is 13.1 Å². The molecule has 21 heavy (non-hydrogen) atoms. The molecule has 8 nitrogen and oxygen atoms in total. The number of urea groups is 1. The summed E-state index contributed by atoms with van der Waals surface area (Å²) in [5, 5.41) is -0.00431. The van der Waals surface area contributed by atoms with Crippen LogP contribution in [0.3, 0.4) is 0 Å². The molecule has 1 fully saturated rings. The molecule has 1 aromatic rings. The van der Waals surface area contributed by atoms with Crippen molar-refractivity contribution in [2.45, 2.75) is 4.90 Å². The van der Waals surface area contributed by atoms with Crippen molar-refractivity contribution in [3.8, 4) is 0 Å². The number of carbonyl (C=O) groups is 1. The Labute approximate surface area is 128 Å². The molecule has 10 heteroatoms. The zero-order valence-electron chi connectivity index (χ0n) is 11.7. The van der Waals surface area contributed by atoms with Crippen molar-refractivity contribution in [2.24, 2.45) is 0 Å².